The Hall–Kier alpha value is -0.0400. The molecule has 0 spiro atoms. The molecule has 3 aliphatic rings. The molecule has 2 N–H and O–H groups in total. The van der Waals surface area contributed by atoms with Gasteiger partial charge >= 0.3 is 0 Å². The number of hydrogen-bond acceptors (Lipinski definition) is 1. The van der Waals surface area contributed by atoms with Crippen LogP contribution in [0, 0.1) is 17.8 Å². The lowest BCUT2D eigenvalue weighted by Crippen LogP contribution is -2.46. The van der Waals surface area contributed by atoms with Crippen molar-refractivity contribution >= 4 is 0 Å². The first-order chi connectivity index (χ1) is 6.28. The van der Waals surface area contributed by atoms with Gasteiger partial charge < -0.3 is 5.73 Å². The molecule has 3 unspecified atom stereocenters. The van der Waals surface area contributed by atoms with E-state index in [0.29, 0.717) is 0 Å². The molecule has 0 radical (unpaired) electrons. The molecule has 3 saturated carbocycles. The van der Waals surface area contributed by atoms with Gasteiger partial charge in [-0.1, -0.05) is 19.3 Å². The quantitative estimate of drug-likeness (QED) is 0.658. The van der Waals surface area contributed by atoms with Crippen molar-refractivity contribution < 1.29 is 0 Å². The number of fused-ring (bicyclic) bond motifs is 2. The molecule has 0 amide bonds. The first kappa shape index (κ1) is 8.28. The summed E-state index contributed by atoms with van der Waals surface area (Å²) in [4.78, 5) is 0. The summed E-state index contributed by atoms with van der Waals surface area (Å²) in [6, 6.07) is 0. The Balaban J connectivity index is 1.78. The van der Waals surface area contributed by atoms with E-state index in [0.717, 1.165) is 17.8 Å². The Labute approximate surface area is 81.1 Å². The third-order valence-corrected chi connectivity index (χ3v) is 5.01. The highest BCUT2D eigenvalue weighted by atomic mass is 14.8. The van der Waals surface area contributed by atoms with Crippen LogP contribution in [0.3, 0.4) is 0 Å². The number of hydrogen-bond donors (Lipinski definition) is 1. The minimum atomic E-state index is 0.278. The lowest BCUT2D eigenvalue weighted by molar-refractivity contribution is 0.191. The van der Waals surface area contributed by atoms with Crippen LogP contribution >= 0.6 is 0 Å². The fraction of sp³-hybridized carbons (Fsp3) is 1.00. The van der Waals surface area contributed by atoms with Crippen molar-refractivity contribution in [2.75, 3.05) is 0 Å². The van der Waals surface area contributed by atoms with Gasteiger partial charge in [-0.3, -0.25) is 0 Å². The van der Waals surface area contributed by atoms with Crippen molar-refractivity contribution in [3.63, 3.8) is 0 Å². The van der Waals surface area contributed by atoms with Crippen molar-refractivity contribution in [3.05, 3.63) is 0 Å². The van der Waals surface area contributed by atoms with E-state index in [9.17, 15) is 0 Å². The van der Waals surface area contributed by atoms with Gasteiger partial charge in [0.25, 0.3) is 0 Å². The van der Waals surface area contributed by atoms with Gasteiger partial charge in [-0.05, 0) is 49.9 Å². The molecule has 3 aliphatic carbocycles. The van der Waals surface area contributed by atoms with Crippen molar-refractivity contribution in [1.29, 1.82) is 0 Å². The van der Waals surface area contributed by atoms with Crippen LogP contribution in [0.15, 0.2) is 0 Å². The summed E-state index contributed by atoms with van der Waals surface area (Å²) < 4.78 is 0. The maximum absolute atomic E-state index is 6.55. The highest BCUT2D eigenvalue weighted by Gasteiger charge is 2.49. The monoisotopic (exact) mass is 179 g/mol. The molecule has 0 aromatic carbocycles. The maximum Gasteiger partial charge on any atom is 0.0185 e. The molecule has 3 atom stereocenters. The van der Waals surface area contributed by atoms with Gasteiger partial charge in [0.1, 0.15) is 0 Å². The van der Waals surface area contributed by atoms with Crippen LogP contribution < -0.4 is 5.73 Å². The third-order valence-electron chi connectivity index (χ3n) is 5.01. The van der Waals surface area contributed by atoms with E-state index in [1.165, 1.54) is 51.4 Å². The predicted octanol–water partition coefficient (Wildman–Crippen LogP) is 2.69. The molecule has 0 aliphatic heterocycles. The lowest BCUT2D eigenvalue weighted by Gasteiger charge is -2.37. The van der Waals surface area contributed by atoms with Crippen molar-refractivity contribution in [2.45, 2.75) is 56.9 Å². The zero-order valence-electron chi connectivity index (χ0n) is 8.47. The minimum Gasteiger partial charge on any atom is -0.325 e. The van der Waals surface area contributed by atoms with Crippen LogP contribution in [0.4, 0.5) is 0 Å². The lowest BCUT2D eigenvalue weighted by atomic mass is 9.73. The fourth-order valence-electron chi connectivity index (χ4n) is 4.35. The molecule has 2 bridgehead atoms. The summed E-state index contributed by atoms with van der Waals surface area (Å²) in [5, 5.41) is 0. The Morgan fingerprint density at radius 1 is 1.00 bits per heavy atom. The van der Waals surface area contributed by atoms with Gasteiger partial charge in [0.05, 0.1) is 0 Å². The zero-order chi connectivity index (χ0) is 8.89. The summed E-state index contributed by atoms with van der Waals surface area (Å²) in [5.74, 6) is 3.00. The molecular formula is C12H21N. The highest BCUT2D eigenvalue weighted by Crippen LogP contribution is 2.54. The molecule has 3 rings (SSSR count). The number of rotatable bonds is 1. The first-order valence-corrected chi connectivity index (χ1v) is 6.07. The second-order valence-corrected chi connectivity index (χ2v) is 5.72. The van der Waals surface area contributed by atoms with E-state index >= 15 is 0 Å². The van der Waals surface area contributed by atoms with Crippen LogP contribution in [0.1, 0.15) is 51.4 Å². The van der Waals surface area contributed by atoms with Gasteiger partial charge in [-0.25, -0.2) is 0 Å². The summed E-state index contributed by atoms with van der Waals surface area (Å²) in [5.41, 5.74) is 6.83. The molecule has 0 aromatic rings. The Morgan fingerprint density at radius 3 is 2.31 bits per heavy atom. The molecule has 0 aromatic heterocycles. The van der Waals surface area contributed by atoms with Crippen LogP contribution in [0.2, 0.25) is 0 Å². The summed E-state index contributed by atoms with van der Waals surface area (Å²) in [6.07, 6.45) is 11.4. The van der Waals surface area contributed by atoms with Crippen LogP contribution in [0.5, 0.6) is 0 Å². The van der Waals surface area contributed by atoms with Crippen LogP contribution in [0.25, 0.3) is 0 Å². The average Bonchev–Trinajstić information content (AvgIpc) is 2.77. The second kappa shape index (κ2) is 2.73. The molecule has 13 heavy (non-hydrogen) atoms. The Bertz CT molecular complexity index is 205. The molecule has 1 heteroatoms. The number of nitrogens with two attached hydrogens (primary N) is 1. The standard InChI is InChI=1S/C12H21N/c13-12(5-1-2-6-12)11-8-9-3-4-10(11)7-9/h9-11H,1-8,13H2. The second-order valence-electron chi connectivity index (χ2n) is 5.72. The van der Waals surface area contributed by atoms with E-state index in [1.807, 2.05) is 0 Å². The normalized spacial score (nSPS) is 47.3. The molecule has 1 nitrogen and oxygen atoms in total. The van der Waals surface area contributed by atoms with E-state index in [1.54, 1.807) is 0 Å². The van der Waals surface area contributed by atoms with Gasteiger partial charge in [0, 0.05) is 5.54 Å². The van der Waals surface area contributed by atoms with Crippen LogP contribution in [-0.4, -0.2) is 5.54 Å². The SMILES string of the molecule is NC1(C2CC3CCC2C3)CCCC1. The Morgan fingerprint density at radius 2 is 1.77 bits per heavy atom. The summed E-state index contributed by atoms with van der Waals surface area (Å²) in [7, 11) is 0. The largest absolute Gasteiger partial charge is 0.325 e. The van der Waals surface area contributed by atoms with Gasteiger partial charge in [0.2, 0.25) is 0 Å². The van der Waals surface area contributed by atoms with Crippen LogP contribution in [-0.2, 0) is 0 Å². The molecule has 74 valence electrons. The average molecular weight is 179 g/mol. The van der Waals surface area contributed by atoms with Crippen molar-refractivity contribution in [2.24, 2.45) is 23.5 Å². The predicted molar refractivity (Wildman–Crippen MR) is 54.3 cm³/mol. The van der Waals surface area contributed by atoms with E-state index < -0.39 is 0 Å². The van der Waals surface area contributed by atoms with Crippen molar-refractivity contribution in [3.8, 4) is 0 Å². The van der Waals surface area contributed by atoms with Gasteiger partial charge in [-0.15, -0.1) is 0 Å². The van der Waals surface area contributed by atoms with E-state index in [-0.39, 0.29) is 5.54 Å². The Kier molecular flexibility index (Phi) is 1.74. The molecular weight excluding hydrogens is 158 g/mol. The topological polar surface area (TPSA) is 26.0 Å². The summed E-state index contributed by atoms with van der Waals surface area (Å²) >= 11 is 0. The smallest absolute Gasteiger partial charge is 0.0185 e. The zero-order valence-corrected chi connectivity index (χ0v) is 8.47. The molecule has 0 saturated heterocycles. The van der Waals surface area contributed by atoms with E-state index in [2.05, 4.69) is 0 Å². The van der Waals surface area contributed by atoms with E-state index in [4.69, 9.17) is 5.73 Å². The van der Waals surface area contributed by atoms with Gasteiger partial charge in [0.15, 0.2) is 0 Å². The maximum atomic E-state index is 6.55. The van der Waals surface area contributed by atoms with Crippen molar-refractivity contribution in [1.82, 2.24) is 0 Å². The highest BCUT2D eigenvalue weighted by molar-refractivity contribution is 5.04. The minimum absolute atomic E-state index is 0.278. The third kappa shape index (κ3) is 1.16. The molecule has 0 heterocycles. The van der Waals surface area contributed by atoms with Gasteiger partial charge in [-0.2, -0.15) is 0 Å². The first-order valence-electron chi connectivity index (χ1n) is 6.07. The fourth-order valence-corrected chi connectivity index (χ4v) is 4.35. The summed E-state index contributed by atoms with van der Waals surface area (Å²) in [6.45, 7) is 0. The molecule has 3 fully saturated rings.